The molecule has 0 spiro atoms. The minimum Gasteiger partial charge on any atom is -0.372 e. The predicted octanol–water partition coefficient (Wildman–Crippen LogP) is 1.65. The summed E-state index contributed by atoms with van der Waals surface area (Å²) in [5, 5.41) is 3.14. The third-order valence-corrected chi connectivity index (χ3v) is 6.11. The molecule has 1 aromatic rings. The summed E-state index contributed by atoms with van der Waals surface area (Å²) in [4.78, 5) is 26.4. The SMILES string of the molecule is O=C(CCN1C(=O)CCc2ccccc21)N[C@@H]1C[C@@H]2O[C@H]1[C@H]1C[C@H]12. The van der Waals surface area contributed by atoms with Crippen LogP contribution in [0.2, 0.25) is 0 Å². The van der Waals surface area contributed by atoms with E-state index < -0.39 is 0 Å². The summed E-state index contributed by atoms with van der Waals surface area (Å²) >= 11 is 0. The summed E-state index contributed by atoms with van der Waals surface area (Å²) in [5.41, 5.74) is 2.16. The monoisotopic (exact) mass is 326 g/mol. The number of carbonyl (C=O) groups excluding carboxylic acids is 2. The summed E-state index contributed by atoms with van der Waals surface area (Å²) in [7, 11) is 0. The standard InChI is InChI=1S/C19H22N2O3/c22-17(20-14-10-16-12-9-13(12)19(14)24-16)7-8-21-15-4-2-1-3-11(15)5-6-18(21)23/h1-4,12-14,16,19H,5-10H2,(H,20,22)/t12-,13+,14-,16+,19+/m1/s1. The number of ether oxygens (including phenoxy) is 1. The Balaban J connectivity index is 1.20. The first-order valence-electron chi connectivity index (χ1n) is 9.04. The van der Waals surface area contributed by atoms with Crippen molar-refractivity contribution in [3.8, 4) is 0 Å². The fourth-order valence-electron chi connectivity index (χ4n) is 4.83. The Hall–Kier alpha value is -1.88. The van der Waals surface area contributed by atoms with Crippen molar-refractivity contribution in [1.29, 1.82) is 0 Å². The number of amides is 2. The smallest absolute Gasteiger partial charge is 0.227 e. The van der Waals surface area contributed by atoms with Crippen molar-refractivity contribution >= 4 is 17.5 Å². The fraction of sp³-hybridized carbons (Fsp3) is 0.579. The second-order valence-corrected chi connectivity index (χ2v) is 7.54. The molecule has 0 aromatic heterocycles. The molecule has 1 aromatic carbocycles. The Morgan fingerprint density at radius 2 is 2.08 bits per heavy atom. The molecule has 126 valence electrons. The van der Waals surface area contributed by atoms with Gasteiger partial charge >= 0.3 is 0 Å². The van der Waals surface area contributed by atoms with Crippen LogP contribution in [0.5, 0.6) is 0 Å². The van der Waals surface area contributed by atoms with Crippen molar-refractivity contribution in [2.24, 2.45) is 11.8 Å². The van der Waals surface area contributed by atoms with Gasteiger partial charge in [0.1, 0.15) is 0 Å². The zero-order valence-electron chi connectivity index (χ0n) is 13.6. The van der Waals surface area contributed by atoms with Crippen LogP contribution in [0.25, 0.3) is 0 Å². The molecule has 5 heteroatoms. The third kappa shape index (κ3) is 2.25. The molecule has 2 bridgehead atoms. The highest BCUT2D eigenvalue weighted by molar-refractivity contribution is 5.97. The van der Waals surface area contributed by atoms with Gasteiger partial charge in [-0.3, -0.25) is 9.59 Å². The first-order valence-corrected chi connectivity index (χ1v) is 9.04. The average molecular weight is 326 g/mol. The second kappa shape index (κ2) is 5.31. The maximum atomic E-state index is 12.4. The molecule has 5 nitrogen and oxygen atoms in total. The van der Waals surface area contributed by atoms with Crippen LogP contribution in [0.15, 0.2) is 24.3 Å². The van der Waals surface area contributed by atoms with Crippen LogP contribution in [0, 0.1) is 11.8 Å². The first-order chi connectivity index (χ1) is 11.7. The van der Waals surface area contributed by atoms with E-state index in [1.807, 2.05) is 18.2 Å². The van der Waals surface area contributed by atoms with Crippen LogP contribution in [-0.2, 0) is 20.7 Å². The molecule has 4 aliphatic rings. The minimum atomic E-state index is 0.0317. The maximum absolute atomic E-state index is 12.4. The number of rotatable bonds is 4. The minimum absolute atomic E-state index is 0.0317. The van der Waals surface area contributed by atoms with E-state index in [-0.39, 0.29) is 24.0 Å². The first kappa shape index (κ1) is 14.5. The molecule has 2 amide bonds. The molecule has 5 atom stereocenters. The van der Waals surface area contributed by atoms with Crippen LogP contribution in [-0.4, -0.2) is 36.6 Å². The Kier molecular flexibility index (Phi) is 3.20. The summed E-state index contributed by atoms with van der Waals surface area (Å²) in [5.74, 6) is 1.60. The van der Waals surface area contributed by atoms with Gasteiger partial charge in [-0.1, -0.05) is 18.2 Å². The normalized spacial score (nSPS) is 35.6. The summed E-state index contributed by atoms with van der Waals surface area (Å²) < 4.78 is 5.93. The highest BCUT2D eigenvalue weighted by Crippen LogP contribution is 2.58. The lowest BCUT2D eigenvalue weighted by atomic mass is 9.95. The van der Waals surface area contributed by atoms with Gasteiger partial charge in [0, 0.05) is 25.1 Å². The number of para-hydroxylation sites is 1. The van der Waals surface area contributed by atoms with Crippen molar-refractivity contribution in [3.63, 3.8) is 0 Å². The van der Waals surface area contributed by atoms with Crippen LogP contribution in [0.4, 0.5) is 5.69 Å². The van der Waals surface area contributed by atoms with Gasteiger partial charge < -0.3 is 15.0 Å². The lowest BCUT2D eigenvalue weighted by Crippen LogP contribution is -2.44. The molecular formula is C19H22N2O3. The molecule has 1 aliphatic carbocycles. The van der Waals surface area contributed by atoms with Crippen molar-refractivity contribution in [3.05, 3.63) is 29.8 Å². The van der Waals surface area contributed by atoms with Gasteiger partial charge in [-0.2, -0.15) is 0 Å². The number of carbonyl (C=O) groups is 2. The van der Waals surface area contributed by atoms with E-state index in [9.17, 15) is 9.59 Å². The van der Waals surface area contributed by atoms with Gasteiger partial charge in [0.05, 0.1) is 18.2 Å². The average Bonchev–Trinajstić information content (AvgIpc) is 3.20. The van der Waals surface area contributed by atoms with Crippen molar-refractivity contribution in [2.75, 3.05) is 11.4 Å². The third-order valence-electron chi connectivity index (χ3n) is 6.11. The lowest BCUT2D eigenvalue weighted by molar-refractivity contribution is -0.122. The second-order valence-electron chi connectivity index (χ2n) is 7.54. The van der Waals surface area contributed by atoms with E-state index in [0.29, 0.717) is 31.4 Å². The van der Waals surface area contributed by atoms with E-state index in [1.165, 1.54) is 12.0 Å². The lowest BCUT2D eigenvalue weighted by Gasteiger charge is -2.29. The molecular weight excluding hydrogens is 304 g/mol. The number of benzene rings is 1. The van der Waals surface area contributed by atoms with E-state index in [0.717, 1.165) is 24.4 Å². The number of aryl methyl sites for hydroxylation is 1. The van der Waals surface area contributed by atoms with E-state index >= 15 is 0 Å². The van der Waals surface area contributed by atoms with E-state index in [1.54, 1.807) is 4.90 Å². The molecule has 3 aliphatic heterocycles. The van der Waals surface area contributed by atoms with Crippen molar-refractivity contribution in [2.45, 2.75) is 50.4 Å². The molecule has 24 heavy (non-hydrogen) atoms. The fourth-order valence-corrected chi connectivity index (χ4v) is 4.83. The quantitative estimate of drug-likeness (QED) is 0.915. The topological polar surface area (TPSA) is 58.6 Å². The van der Waals surface area contributed by atoms with Crippen LogP contribution in [0.1, 0.15) is 31.2 Å². The number of hydrogen-bond acceptors (Lipinski definition) is 3. The van der Waals surface area contributed by atoms with Crippen LogP contribution < -0.4 is 10.2 Å². The molecule has 2 saturated heterocycles. The number of fused-ring (bicyclic) bond motifs is 6. The highest BCUT2D eigenvalue weighted by atomic mass is 16.5. The summed E-state index contributed by atoms with van der Waals surface area (Å²) in [6.45, 7) is 0.454. The number of nitrogens with one attached hydrogen (secondary N) is 1. The van der Waals surface area contributed by atoms with Gasteiger partial charge in [-0.15, -0.1) is 0 Å². The van der Waals surface area contributed by atoms with Gasteiger partial charge in [0.15, 0.2) is 0 Å². The number of nitrogens with zero attached hydrogens (tertiary/aromatic N) is 1. The maximum Gasteiger partial charge on any atom is 0.227 e. The number of anilines is 1. The molecule has 1 saturated carbocycles. The zero-order chi connectivity index (χ0) is 16.3. The van der Waals surface area contributed by atoms with E-state index in [2.05, 4.69) is 11.4 Å². The van der Waals surface area contributed by atoms with E-state index in [4.69, 9.17) is 4.74 Å². The van der Waals surface area contributed by atoms with Crippen LogP contribution in [0.3, 0.4) is 0 Å². The van der Waals surface area contributed by atoms with Gasteiger partial charge in [0.25, 0.3) is 0 Å². The van der Waals surface area contributed by atoms with Gasteiger partial charge in [0.2, 0.25) is 11.8 Å². The Morgan fingerprint density at radius 1 is 1.21 bits per heavy atom. The summed E-state index contributed by atoms with van der Waals surface area (Å²) in [6, 6.07) is 8.16. The van der Waals surface area contributed by atoms with Crippen LogP contribution >= 0.6 is 0 Å². The van der Waals surface area contributed by atoms with Gasteiger partial charge in [-0.25, -0.2) is 0 Å². The Bertz CT molecular complexity index is 704. The highest BCUT2D eigenvalue weighted by Gasteiger charge is 2.62. The molecule has 0 radical (unpaired) electrons. The van der Waals surface area contributed by atoms with Crippen molar-refractivity contribution < 1.29 is 14.3 Å². The zero-order valence-corrected chi connectivity index (χ0v) is 13.6. The number of hydrogen-bond donors (Lipinski definition) is 1. The Morgan fingerprint density at radius 3 is 2.92 bits per heavy atom. The largest absolute Gasteiger partial charge is 0.372 e. The molecule has 1 N–H and O–H groups in total. The van der Waals surface area contributed by atoms with Crippen molar-refractivity contribution in [1.82, 2.24) is 5.32 Å². The molecule has 3 fully saturated rings. The summed E-state index contributed by atoms with van der Waals surface area (Å²) in [6.07, 6.45) is 4.53. The predicted molar refractivity (Wildman–Crippen MR) is 88.5 cm³/mol. The molecule has 3 heterocycles. The molecule has 5 rings (SSSR count). The Labute approximate surface area is 141 Å². The molecule has 0 unspecified atom stereocenters. The van der Waals surface area contributed by atoms with Gasteiger partial charge in [-0.05, 0) is 42.7 Å².